The van der Waals surface area contributed by atoms with Gasteiger partial charge in [0.05, 0.1) is 5.69 Å². The summed E-state index contributed by atoms with van der Waals surface area (Å²) in [6.45, 7) is 8.60. The summed E-state index contributed by atoms with van der Waals surface area (Å²) in [5.41, 5.74) is 6.07. The van der Waals surface area contributed by atoms with Crippen LogP contribution in [0.2, 0.25) is 0 Å². The molecule has 146 valence electrons. The Morgan fingerprint density at radius 2 is 1.86 bits per heavy atom. The Balaban J connectivity index is 1.92. The average Bonchev–Trinajstić information content (AvgIpc) is 2.70. The van der Waals surface area contributed by atoms with Gasteiger partial charge in [-0.2, -0.15) is 0 Å². The van der Waals surface area contributed by atoms with E-state index < -0.39 is 0 Å². The van der Waals surface area contributed by atoms with Crippen molar-refractivity contribution in [3.8, 4) is 0 Å². The van der Waals surface area contributed by atoms with Gasteiger partial charge < -0.3 is 0 Å². The minimum Gasteiger partial charge on any atom is -0.241 e. The number of hydrogen-bond acceptors (Lipinski definition) is 5. The van der Waals surface area contributed by atoms with Crippen LogP contribution in [0, 0.1) is 13.8 Å². The van der Waals surface area contributed by atoms with Gasteiger partial charge in [-0.25, -0.2) is 15.0 Å². The number of aryl methyl sites for hydroxylation is 2. The zero-order valence-electron chi connectivity index (χ0n) is 17.0. The number of thioether (sulfide) groups is 2. The Hall–Kier alpha value is -1.85. The minimum atomic E-state index is 0.788. The highest BCUT2D eigenvalue weighted by molar-refractivity contribution is 8.17. The van der Waals surface area contributed by atoms with Crippen LogP contribution in [0.3, 0.4) is 0 Å². The zero-order chi connectivity index (χ0) is 19.9. The topological polar surface area (TPSA) is 38.1 Å². The first-order valence-electron chi connectivity index (χ1n) is 9.78. The molecule has 5 heteroatoms. The molecule has 0 radical (unpaired) electrons. The fourth-order valence-electron chi connectivity index (χ4n) is 3.03. The second kappa shape index (κ2) is 10.1. The molecule has 0 unspecified atom stereocenters. The van der Waals surface area contributed by atoms with Gasteiger partial charge in [-0.15, -0.1) is 0 Å². The Bertz CT molecular complexity index is 906. The molecule has 0 amide bonds. The SMILES string of the molecule is CCC(CC)=C1CCC(=C\Sc2nccc(C)n2)/C(=N/c2ccc(C)cc2)S1. The van der Waals surface area contributed by atoms with E-state index in [1.165, 1.54) is 16.0 Å². The fourth-order valence-corrected chi connectivity index (χ4v) is 5.21. The molecule has 3 rings (SSSR count). The highest BCUT2D eigenvalue weighted by Gasteiger charge is 2.20. The molecule has 28 heavy (non-hydrogen) atoms. The van der Waals surface area contributed by atoms with Gasteiger partial charge in [-0.1, -0.05) is 60.6 Å². The number of benzene rings is 1. The molecule has 1 saturated heterocycles. The number of aliphatic imine (C=N–C) groups is 1. The van der Waals surface area contributed by atoms with Crippen LogP contribution in [0.4, 0.5) is 5.69 Å². The van der Waals surface area contributed by atoms with Crippen molar-refractivity contribution in [3.05, 3.63) is 69.2 Å². The lowest BCUT2D eigenvalue weighted by atomic mass is 10.1. The smallest absolute Gasteiger partial charge is 0.192 e. The van der Waals surface area contributed by atoms with Gasteiger partial charge >= 0.3 is 0 Å². The van der Waals surface area contributed by atoms with Gasteiger partial charge in [-0.05, 0) is 73.6 Å². The molecule has 1 aliphatic rings. The van der Waals surface area contributed by atoms with Crippen molar-refractivity contribution in [2.75, 3.05) is 0 Å². The van der Waals surface area contributed by atoms with E-state index in [1.54, 1.807) is 17.3 Å². The lowest BCUT2D eigenvalue weighted by Gasteiger charge is -2.22. The quantitative estimate of drug-likeness (QED) is 0.381. The molecule has 0 saturated carbocycles. The molecule has 1 aromatic carbocycles. The summed E-state index contributed by atoms with van der Waals surface area (Å²) in [6, 6.07) is 10.3. The van der Waals surface area contributed by atoms with Crippen molar-refractivity contribution < 1.29 is 0 Å². The van der Waals surface area contributed by atoms with Gasteiger partial charge in [-0.3, -0.25) is 0 Å². The van der Waals surface area contributed by atoms with Crippen molar-refractivity contribution in [1.82, 2.24) is 9.97 Å². The Kier molecular flexibility index (Phi) is 7.51. The van der Waals surface area contributed by atoms with Crippen molar-refractivity contribution in [2.24, 2.45) is 4.99 Å². The van der Waals surface area contributed by atoms with E-state index in [0.29, 0.717) is 0 Å². The van der Waals surface area contributed by atoms with Crippen LogP contribution in [0.5, 0.6) is 0 Å². The molecule has 0 N–H and O–H groups in total. The minimum absolute atomic E-state index is 0.788. The number of rotatable bonds is 5. The summed E-state index contributed by atoms with van der Waals surface area (Å²) >= 11 is 3.43. The van der Waals surface area contributed by atoms with E-state index in [2.05, 4.69) is 60.4 Å². The fraction of sp³-hybridized carbons (Fsp3) is 0.348. The third kappa shape index (κ3) is 5.58. The van der Waals surface area contributed by atoms with Crippen LogP contribution in [0.1, 0.15) is 50.8 Å². The molecule has 1 aromatic heterocycles. The van der Waals surface area contributed by atoms with Gasteiger partial charge in [0.25, 0.3) is 0 Å². The van der Waals surface area contributed by atoms with Crippen LogP contribution >= 0.6 is 23.5 Å². The van der Waals surface area contributed by atoms with E-state index >= 15 is 0 Å². The van der Waals surface area contributed by atoms with E-state index in [1.807, 2.05) is 30.9 Å². The number of allylic oxidation sites excluding steroid dienone is 2. The van der Waals surface area contributed by atoms with Crippen LogP contribution < -0.4 is 0 Å². The van der Waals surface area contributed by atoms with Crippen LogP contribution in [-0.4, -0.2) is 15.0 Å². The molecule has 2 aromatic rings. The maximum atomic E-state index is 4.99. The van der Waals surface area contributed by atoms with Gasteiger partial charge in [0.1, 0.15) is 5.04 Å². The third-order valence-electron chi connectivity index (χ3n) is 4.71. The maximum Gasteiger partial charge on any atom is 0.192 e. The number of hydrogen-bond donors (Lipinski definition) is 0. The van der Waals surface area contributed by atoms with Gasteiger partial charge in [0.15, 0.2) is 5.16 Å². The standard InChI is InChI=1S/C23H27N3S2/c1-5-18(6-2)21-12-9-19(15-27-23-24-14-13-17(4)25-23)22(28-21)26-20-10-7-16(3)8-11-20/h7-8,10-11,13-15H,5-6,9,12H2,1-4H3/b19-15+,26-22-. The Morgan fingerprint density at radius 3 is 2.54 bits per heavy atom. The van der Waals surface area contributed by atoms with Crippen molar-refractivity contribution >= 4 is 34.3 Å². The molecule has 0 spiro atoms. The summed E-state index contributed by atoms with van der Waals surface area (Å²) < 4.78 is 0. The van der Waals surface area contributed by atoms with Crippen molar-refractivity contribution in [2.45, 2.75) is 58.5 Å². The lowest BCUT2D eigenvalue weighted by Crippen LogP contribution is -2.07. The van der Waals surface area contributed by atoms with Crippen LogP contribution in [-0.2, 0) is 0 Å². The van der Waals surface area contributed by atoms with E-state index in [-0.39, 0.29) is 0 Å². The average molecular weight is 410 g/mol. The predicted octanol–water partition coefficient (Wildman–Crippen LogP) is 7.40. The summed E-state index contributed by atoms with van der Waals surface area (Å²) in [4.78, 5) is 15.3. The second-order valence-corrected chi connectivity index (χ2v) is 8.75. The first kappa shape index (κ1) is 20.9. The van der Waals surface area contributed by atoms with E-state index in [0.717, 1.165) is 47.3 Å². The largest absolute Gasteiger partial charge is 0.241 e. The zero-order valence-corrected chi connectivity index (χ0v) is 18.7. The highest BCUT2D eigenvalue weighted by Crippen LogP contribution is 2.40. The molecule has 0 bridgehead atoms. The summed E-state index contributed by atoms with van der Waals surface area (Å²) in [7, 11) is 0. The van der Waals surface area contributed by atoms with Crippen molar-refractivity contribution in [1.29, 1.82) is 0 Å². The molecule has 2 heterocycles. The summed E-state index contributed by atoms with van der Waals surface area (Å²) in [5, 5.41) is 4.07. The second-order valence-electron chi connectivity index (χ2n) is 6.83. The molecular weight excluding hydrogens is 382 g/mol. The summed E-state index contributed by atoms with van der Waals surface area (Å²) in [6.07, 6.45) is 6.14. The molecule has 0 atom stereocenters. The Labute approximate surface area is 176 Å². The van der Waals surface area contributed by atoms with Crippen LogP contribution in [0.15, 0.2) is 68.1 Å². The maximum absolute atomic E-state index is 4.99. The lowest BCUT2D eigenvalue weighted by molar-refractivity contribution is 0.912. The van der Waals surface area contributed by atoms with E-state index in [4.69, 9.17) is 4.99 Å². The molecular formula is C23H27N3S2. The number of aromatic nitrogens is 2. The van der Waals surface area contributed by atoms with Gasteiger partial charge in [0.2, 0.25) is 0 Å². The monoisotopic (exact) mass is 409 g/mol. The number of nitrogens with zero attached hydrogens (tertiary/aromatic N) is 3. The normalized spacial score (nSPS) is 17.4. The van der Waals surface area contributed by atoms with Gasteiger partial charge in [0, 0.05) is 11.9 Å². The molecule has 1 fully saturated rings. The summed E-state index contributed by atoms with van der Waals surface area (Å²) in [5.74, 6) is 0. The highest BCUT2D eigenvalue weighted by atomic mass is 32.2. The first-order valence-corrected chi connectivity index (χ1v) is 11.5. The Morgan fingerprint density at radius 1 is 1.11 bits per heavy atom. The third-order valence-corrected chi connectivity index (χ3v) is 6.80. The van der Waals surface area contributed by atoms with Crippen LogP contribution in [0.25, 0.3) is 0 Å². The molecule has 0 aliphatic carbocycles. The molecule has 1 aliphatic heterocycles. The van der Waals surface area contributed by atoms with E-state index in [9.17, 15) is 0 Å². The van der Waals surface area contributed by atoms with Crippen molar-refractivity contribution in [3.63, 3.8) is 0 Å². The first-order chi connectivity index (χ1) is 13.6. The predicted molar refractivity (Wildman–Crippen MR) is 123 cm³/mol. The molecule has 3 nitrogen and oxygen atoms in total.